The Hall–Kier alpha value is -1.41. The Bertz CT molecular complexity index is 649. The Kier molecular flexibility index (Phi) is 5.46. The van der Waals surface area contributed by atoms with Crippen LogP contribution in [0, 0.1) is 19.8 Å². The van der Waals surface area contributed by atoms with E-state index in [1.165, 1.54) is 13.5 Å². The SMILES string of the molecule is Cc1noc(C)c1S(=O)(=O)N(C)CC(=O)NC1CCCCC1C. The number of aryl methyl sites for hydroxylation is 2. The minimum atomic E-state index is -3.79. The lowest BCUT2D eigenvalue weighted by molar-refractivity contribution is -0.122. The fourth-order valence-electron chi connectivity index (χ4n) is 3.07. The molecule has 1 aliphatic rings. The van der Waals surface area contributed by atoms with E-state index in [0.29, 0.717) is 11.6 Å². The number of sulfonamides is 1. The van der Waals surface area contributed by atoms with Crippen molar-refractivity contribution in [2.24, 2.45) is 5.92 Å². The topological polar surface area (TPSA) is 92.5 Å². The van der Waals surface area contributed by atoms with Crippen molar-refractivity contribution in [3.05, 3.63) is 11.5 Å². The number of carbonyl (C=O) groups is 1. The summed E-state index contributed by atoms with van der Waals surface area (Å²) < 4.78 is 31.1. The van der Waals surface area contributed by atoms with Crippen molar-refractivity contribution in [2.45, 2.75) is 57.4 Å². The van der Waals surface area contributed by atoms with Crippen LogP contribution in [0.25, 0.3) is 0 Å². The normalized spacial score (nSPS) is 22.3. The van der Waals surface area contributed by atoms with E-state index in [4.69, 9.17) is 4.52 Å². The molecule has 0 radical (unpaired) electrons. The van der Waals surface area contributed by atoms with E-state index >= 15 is 0 Å². The predicted molar refractivity (Wildman–Crippen MR) is 85.4 cm³/mol. The number of aromatic nitrogens is 1. The van der Waals surface area contributed by atoms with Gasteiger partial charge in [-0.1, -0.05) is 24.9 Å². The lowest BCUT2D eigenvalue weighted by atomic mass is 9.86. The zero-order chi connectivity index (χ0) is 17.2. The van der Waals surface area contributed by atoms with E-state index in [1.54, 1.807) is 13.8 Å². The molecule has 2 unspecified atom stereocenters. The fraction of sp³-hybridized carbons (Fsp3) is 0.733. The van der Waals surface area contributed by atoms with Gasteiger partial charge in [0.25, 0.3) is 0 Å². The first-order valence-electron chi connectivity index (χ1n) is 7.92. The van der Waals surface area contributed by atoms with Gasteiger partial charge >= 0.3 is 0 Å². The summed E-state index contributed by atoms with van der Waals surface area (Å²) in [5, 5.41) is 6.63. The average Bonchev–Trinajstić information content (AvgIpc) is 2.81. The summed E-state index contributed by atoms with van der Waals surface area (Å²) in [5.41, 5.74) is 0.302. The van der Waals surface area contributed by atoms with E-state index in [9.17, 15) is 13.2 Å². The van der Waals surface area contributed by atoms with Gasteiger partial charge in [0.15, 0.2) is 5.76 Å². The molecule has 1 amide bonds. The molecule has 7 nitrogen and oxygen atoms in total. The van der Waals surface area contributed by atoms with Crippen molar-refractivity contribution in [3.8, 4) is 0 Å². The second kappa shape index (κ2) is 7.00. The zero-order valence-electron chi connectivity index (χ0n) is 14.1. The number of amides is 1. The third-order valence-electron chi connectivity index (χ3n) is 4.46. The molecule has 1 aliphatic carbocycles. The monoisotopic (exact) mass is 343 g/mol. The molecule has 0 bridgehead atoms. The predicted octanol–water partition coefficient (Wildman–Crippen LogP) is 1.61. The number of carbonyl (C=O) groups excluding carboxylic acids is 1. The maximum atomic E-state index is 12.6. The van der Waals surface area contributed by atoms with Crippen LogP contribution >= 0.6 is 0 Å². The number of likely N-dealkylation sites (N-methyl/N-ethyl adjacent to an activating group) is 1. The first-order valence-corrected chi connectivity index (χ1v) is 9.36. The summed E-state index contributed by atoms with van der Waals surface area (Å²) in [6, 6.07) is 0.131. The van der Waals surface area contributed by atoms with Crippen molar-refractivity contribution >= 4 is 15.9 Å². The molecule has 1 fully saturated rings. The Morgan fingerprint density at radius 1 is 1.35 bits per heavy atom. The molecule has 2 atom stereocenters. The summed E-state index contributed by atoms with van der Waals surface area (Å²) in [6.07, 6.45) is 4.34. The molecule has 130 valence electrons. The largest absolute Gasteiger partial charge is 0.360 e. The fourth-order valence-corrected chi connectivity index (χ4v) is 4.48. The van der Waals surface area contributed by atoms with Gasteiger partial charge in [0.1, 0.15) is 10.6 Å². The molecule has 1 aromatic rings. The lowest BCUT2D eigenvalue weighted by Crippen LogP contribution is -2.46. The van der Waals surface area contributed by atoms with Gasteiger partial charge in [-0.3, -0.25) is 4.79 Å². The highest BCUT2D eigenvalue weighted by Crippen LogP contribution is 2.24. The van der Waals surface area contributed by atoms with Crippen molar-refractivity contribution in [1.82, 2.24) is 14.8 Å². The third kappa shape index (κ3) is 3.92. The molecule has 2 rings (SSSR count). The maximum absolute atomic E-state index is 12.6. The summed E-state index contributed by atoms with van der Waals surface area (Å²) >= 11 is 0. The summed E-state index contributed by atoms with van der Waals surface area (Å²) in [7, 11) is -2.40. The molecule has 0 aromatic carbocycles. The average molecular weight is 343 g/mol. The molecular weight excluding hydrogens is 318 g/mol. The van der Waals surface area contributed by atoms with E-state index in [-0.39, 0.29) is 29.1 Å². The third-order valence-corrected chi connectivity index (χ3v) is 6.51. The molecule has 0 saturated heterocycles. The molecule has 1 aromatic heterocycles. The minimum Gasteiger partial charge on any atom is -0.360 e. The van der Waals surface area contributed by atoms with Crippen LogP contribution in [0.1, 0.15) is 44.1 Å². The van der Waals surface area contributed by atoms with Gasteiger partial charge in [-0.2, -0.15) is 4.31 Å². The van der Waals surface area contributed by atoms with Gasteiger partial charge < -0.3 is 9.84 Å². The van der Waals surface area contributed by atoms with Crippen LogP contribution < -0.4 is 5.32 Å². The second-order valence-corrected chi connectivity index (χ2v) is 8.33. The van der Waals surface area contributed by atoms with Gasteiger partial charge in [0.2, 0.25) is 15.9 Å². The van der Waals surface area contributed by atoms with Crippen LogP contribution in [0.3, 0.4) is 0 Å². The number of rotatable bonds is 5. The van der Waals surface area contributed by atoms with E-state index in [2.05, 4.69) is 17.4 Å². The molecule has 0 aliphatic heterocycles. The van der Waals surface area contributed by atoms with Crippen molar-refractivity contribution < 1.29 is 17.7 Å². The van der Waals surface area contributed by atoms with Crippen LogP contribution in [0.15, 0.2) is 9.42 Å². The summed E-state index contributed by atoms with van der Waals surface area (Å²) in [4.78, 5) is 12.2. The van der Waals surface area contributed by atoms with Crippen molar-refractivity contribution in [3.63, 3.8) is 0 Å². The van der Waals surface area contributed by atoms with Gasteiger partial charge in [-0.25, -0.2) is 8.42 Å². The van der Waals surface area contributed by atoms with Crippen LogP contribution in [0.4, 0.5) is 0 Å². The van der Waals surface area contributed by atoms with E-state index < -0.39 is 10.0 Å². The lowest BCUT2D eigenvalue weighted by Gasteiger charge is -2.30. The standard InChI is InChI=1S/C15H25N3O4S/c1-10-7-5-6-8-13(10)16-14(19)9-18(4)23(20,21)15-11(2)17-22-12(15)3/h10,13H,5-9H2,1-4H3,(H,16,19). The highest BCUT2D eigenvalue weighted by molar-refractivity contribution is 7.89. The highest BCUT2D eigenvalue weighted by atomic mass is 32.2. The highest BCUT2D eigenvalue weighted by Gasteiger charge is 2.30. The summed E-state index contributed by atoms with van der Waals surface area (Å²) in [5.74, 6) is 0.384. The zero-order valence-corrected chi connectivity index (χ0v) is 14.9. The number of hydrogen-bond acceptors (Lipinski definition) is 5. The number of nitrogens with zero attached hydrogens (tertiary/aromatic N) is 2. The first-order chi connectivity index (χ1) is 10.7. The van der Waals surface area contributed by atoms with Crippen LogP contribution in [0.2, 0.25) is 0 Å². The van der Waals surface area contributed by atoms with Gasteiger partial charge in [-0.15, -0.1) is 0 Å². The van der Waals surface area contributed by atoms with Gasteiger partial charge in [0.05, 0.1) is 6.54 Å². The molecular formula is C15H25N3O4S. The second-order valence-electron chi connectivity index (χ2n) is 6.35. The van der Waals surface area contributed by atoms with Gasteiger partial charge in [-0.05, 0) is 32.6 Å². The van der Waals surface area contributed by atoms with Crippen LogP contribution in [-0.2, 0) is 14.8 Å². The first kappa shape index (κ1) is 17.9. The molecule has 23 heavy (non-hydrogen) atoms. The quantitative estimate of drug-likeness (QED) is 0.877. The molecule has 1 heterocycles. The van der Waals surface area contributed by atoms with Crippen LogP contribution in [0.5, 0.6) is 0 Å². The van der Waals surface area contributed by atoms with Crippen molar-refractivity contribution in [2.75, 3.05) is 13.6 Å². The smallest absolute Gasteiger partial charge is 0.248 e. The Morgan fingerprint density at radius 3 is 2.57 bits per heavy atom. The number of nitrogens with one attached hydrogen (secondary N) is 1. The molecule has 8 heteroatoms. The van der Waals surface area contributed by atoms with E-state index in [0.717, 1.165) is 23.6 Å². The Morgan fingerprint density at radius 2 is 2.00 bits per heavy atom. The molecule has 1 saturated carbocycles. The maximum Gasteiger partial charge on any atom is 0.248 e. The Balaban J connectivity index is 2.03. The Labute approximate surface area is 137 Å². The molecule has 0 spiro atoms. The number of hydrogen-bond donors (Lipinski definition) is 1. The van der Waals surface area contributed by atoms with Crippen molar-refractivity contribution in [1.29, 1.82) is 0 Å². The van der Waals surface area contributed by atoms with E-state index in [1.807, 2.05) is 0 Å². The van der Waals surface area contributed by atoms with Crippen LogP contribution in [-0.4, -0.2) is 43.4 Å². The van der Waals surface area contributed by atoms with Gasteiger partial charge in [0, 0.05) is 13.1 Å². The minimum absolute atomic E-state index is 0.0406. The summed E-state index contributed by atoms with van der Waals surface area (Å²) in [6.45, 7) is 5.02. The molecule has 1 N–H and O–H groups in total.